The number of hydrogen-bond donors (Lipinski definition) is 1. The highest BCUT2D eigenvalue weighted by Crippen LogP contribution is 2.16. The summed E-state index contributed by atoms with van der Waals surface area (Å²) >= 11 is 0. The Balaban J connectivity index is 2.26. The number of halogens is 2. The van der Waals surface area contributed by atoms with E-state index in [4.69, 9.17) is 4.74 Å². The van der Waals surface area contributed by atoms with Gasteiger partial charge in [0.1, 0.15) is 6.61 Å². The van der Waals surface area contributed by atoms with Crippen molar-refractivity contribution in [1.82, 2.24) is 5.32 Å². The van der Waals surface area contributed by atoms with Gasteiger partial charge in [0.05, 0.1) is 6.61 Å². The highest BCUT2D eigenvalue weighted by atomic mass is 19.3. The zero-order valence-corrected chi connectivity index (χ0v) is 10.2. The highest BCUT2D eigenvalue weighted by molar-refractivity contribution is 5.28. The average molecular weight is 243 g/mol. The quantitative estimate of drug-likeness (QED) is 0.743. The first-order valence-electron chi connectivity index (χ1n) is 5.76. The van der Waals surface area contributed by atoms with E-state index in [0.29, 0.717) is 13.2 Å². The first-order chi connectivity index (χ1) is 8.11. The molecule has 1 atom stereocenters. The standard InChI is InChI=1S/C13H19F2NO/c1-10-5-3-4-6-12(10)11(2)16-7-8-17-9-13(14)15/h3-6,11,13,16H,7-9H2,1-2H3. The van der Waals surface area contributed by atoms with Gasteiger partial charge in [0, 0.05) is 12.6 Å². The van der Waals surface area contributed by atoms with Crippen molar-refractivity contribution in [2.75, 3.05) is 19.8 Å². The predicted octanol–water partition coefficient (Wildman–Crippen LogP) is 2.93. The normalized spacial score (nSPS) is 13.0. The molecule has 96 valence electrons. The Bertz CT molecular complexity index is 331. The number of hydrogen-bond acceptors (Lipinski definition) is 2. The van der Waals surface area contributed by atoms with E-state index in [1.807, 2.05) is 12.1 Å². The molecule has 1 rings (SSSR count). The number of aryl methyl sites for hydroxylation is 1. The van der Waals surface area contributed by atoms with Crippen molar-refractivity contribution in [2.45, 2.75) is 26.3 Å². The molecule has 0 aliphatic rings. The van der Waals surface area contributed by atoms with Crippen LogP contribution in [0.5, 0.6) is 0 Å². The molecule has 1 N–H and O–H groups in total. The summed E-state index contributed by atoms with van der Waals surface area (Å²) in [5.41, 5.74) is 2.45. The molecule has 2 nitrogen and oxygen atoms in total. The minimum absolute atomic E-state index is 0.200. The van der Waals surface area contributed by atoms with Crippen molar-refractivity contribution in [2.24, 2.45) is 0 Å². The number of nitrogens with one attached hydrogen (secondary N) is 1. The van der Waals surface area contributed by atoms with Crippen LogP contribution in [0.4, 0.5) is 8.78 Å². The maximum atomic E-state index is 11.8. The van der Waals surface area contributed by atoms with E-state index < -0.39 is 13.0 Å². The van der Waals surface area contributed by atoms with Crippen LogP contribution < -0.4 is 5.32 Å². The predicted molar refractivity (Wildman–Crippen MR) is 64.4 cm³/mol. The minimum Gasteiger partial charge on any atom is -0.374 e. The summed E-state index contributed by atoms with van der Waals surface area (Å²) in [5.74, 6) is 0. The highest BCUT2D eigenvalue weighted by Gasteiger charge is 2.07. The Morgan fingerprint density at radius 2 is 2.00 bits per heavy atom. The van der Waals surface area contributed by atoms with Gasteiger partial charge in [-0.05, 0) is 25.0 Å². The Morgan fingerprint density at radius 1 is 1.29 bits per heavy atom. The Labute approximate surface area is 101 Å². The zero-order chi connectivity index (χ0) is 12.7. The third kappa shape index (κ3) is 5.24. The maximum Gasteiger partial charge on any atom is 0.261 e. The first kappa shape index (κ1) is 14.1. The monoisotopic (exact) mass is 243 g/mol. The van der Waals surface area contributed by atoms with Gasteiger partial charge in [0.15, 0.2) is 0 Å². The smallest absolute Gasteiger partial charge is 0.261 e. The molecule has 0 saturated heterocycles. The fourth-order valence-corrected chi connectivity index (χ4v) is 1.70. The minimum atomic E-state index is -2.39. The molecule has 0 fully saturated rings. The summed E-state index contributed by atoms with van der Waals surface area (Å²) in [7, 11) is 0. The van der Waals surface area contributed by atoms with Gasteiger partial charge in [-0.2, -0.15) is 0 Å². The molecule has 0 heterocycles. The van der Waals surface area contributed by atoms with Gasteiger partial charge in [-0.1, -0.05) is 24.3 Å². The lowest BCUT2D eigenvalue weighted by Crippen LogP contribution is -2.24. The van der Waals surface area contributed by atoms with Crippen LogP contribution >= 0.6 is 0 Å². The molecule has 0 amide bonds. The molecule has 0 bridgehead atoms. The van der Waals surface area contributed by atoms with E-state index in [1.165, 1.54) is 11.1 Å². The molecule has 17 heavy (non-hydrogen) atoms. The maximum absolute atomic E-state index is 11.8. The lowest BCUT2D eigenvalue weighted by atomic mass is 10.0. The van der Waals surface area contributed by atoms with Crippen LogP contribution in [-0.2, 0) is 4.74 Å². The van der Waals surface area contributed by atoms with Gasteiger partial charge in [0.2, 0.25) is 0 Å². The summed E-state index contributed by atoms with van der Waals surface area (Å²) in [6.07, 6.45) is -2.39. The van der Waals surface area contributed by atoms with E-state index in [1.54, 1.807) is 0 Å². The second kappa shape index (κ2) is 7.35. The average Bonchev–Trinajstić information content (AvgIpc) is 2.28. The van der Waals surface area contributed by atoms with Gasteiger partial charge >= 0.3 is 0 Å². The van der Waals surface area contributed by atoms with Crippen molar-refractivity contribution in [3.63, 3.8) is 0 Å². The molecular formula is C13H19F2NO. The molecule has 1 unspecified atom stereocenters. The zero-order valence-electron chi connectivity index (χ0n) is 10.2. The Hall–Kier alpha value is -1.00. The molecule has 0 aliphatic heterocycles. The fraction of sp³-hybridized carbons (Fsp3) is 0.538. The van der Waals surface area contributed by atoms with Gasteiger partial charge in [-0.3, -0.25) is 0 Å². The molecule has 0 spiro atoms. The van der Waals surface area contributed by atoms with Crippen LogP contribution in [0.2, 0.25) is 0 Å². The second-order valence-corrected chi connectivity index (χ2v) is 4.00. The van der Waals surface area contributed by atoms with E-state index in [9.17, 15) is 8.78 Å². The number of rotatable bonds is 7. The van der Waals surface area contributed by atoms with Crippen molar-refractivity contribution >= 4 is 0 Å². The molecule has 4 heteroatoms. The molecule has 0 radical (unpaired) electrons. The molecule has 1 aromatic carbocycles. The second-order valence-electron chi connectivity index (χ2n) is 4.00. The summed E-state index contributed by atoms with van der Waals surface area (Å²) in [6, 6.07) is 8.31. The summed E-state index contributed by atoms with van der Waals surface area (Å²) < 4.78 is 28.4. The van der Waals surface area contributed by atoms with Gasteiger partial charge in [0.25, 0.3) is 6.43 Å². The lowest BCUT2D eigenvalue weighted by Gasteiger charge is -2.16. The first-order valence-corrected chi connectivity index (χ1v) is 5.76. The van der Waals surface area contributed by atoms with Crippen LogP contribution in [0.1, 0.15) is 24.1 Å². The largest absolute Gasteiger partial charge is 0.374 e. The van der Waals surface area contributed by atoms with Crippen LogP contribution in [0.15, 0.2) is 24.3 Å². The molecule has 0 aliphatic carbocycles. The summed E-state index contributed by atoms with van der Waals surface area (Å²) in [6.45, 7) is 4.50. The number of ether oxygens (including phenoxy) is 1. The lowest BCUT2D eigenvalue weighted by molar-refractivity contribution is 0.0183. The Morgan fingerprint density at radius 3 is 2.65 bits per heavy atom. The molecule has 0 saturated carbocycles. The van der Waals surface area contributed by atoms with E-state index in [-0.39, 0.29) is 6.04 Å². The summed E-state index contributed by atoms with van der Waals surface area (Å²) in [4.78, 5) is 0. The molecule has 1 aromatic rings. The molecular weight excluding hydrogens is 224 g/mol. The number of benzene rings is 1. The van der Waals surface area contributed by atoms with Crippen LogP contribution in [0.3, 0.4) is 0 Å². The van der Waals surface area contributed by atoms with Crippen molar-refractivity contribution < 1.29 is 13.5 Å². The third-order valence-electron chi connectivity index (χ3n) is 2.60. The Kier molecular flexibility index (Phi) is 6.08. The third-order valence-corrected chi connectivity index (χ3v) is 2.60. The van der Waals surface area contributed by atoms with Crippen molar-refractivity contribution in [1.29, 1.82) is 0 Å². The van der Waals surface area contributed by atoms with Crippen molar-refractivity contribution in [3.8, 4) is 0 Å². The van der Waals surface area contributed by atoms with Crippen LogP contribution in [0.25, 0.3) is 0 Å². The van der Waals surface area contributed by atoms with E-state index in [2.05, 4.69) is 31.3 Å². The van der Waals surface area contributed by atoms with E-state index >= 15 is 0 Å². The van der Waals surface area contributed by atoms with Gasteiger partial charge in [-0.25, -0.2) is 8.78 Å². The topological polar surface area (TPSA) is 21.3 Å². The molecule has 0 aromatic heterocycles. The summed E-state index contributed by atoms with van der Waals surface area (Å²) in [5, 5.41) is 3.24. The van der Waals surface area contributed by atoms with Gasteiger partial charge < -0.3 is 10.1 Å². The van der Waals surface area contributed by atoms with Crippen molar-refractivity contribution in [3.05, 3.63) is 35.4 Å². The van der Waals surface area contributed by atoms with Crippen LogP contribution in [0, 0.1) is 6.92 Å². The van der Waals surface area contributed by atoms with Crippen LogP contribution in [-0.4, -0.2) is 26.2 Å². The SMILES string of the molecule is Cc1ccccc1C(C)NCCOCC(F)F. The number of alkyl halides is 2. The van der Waals surface area contributed by atoms with Gasteiger partial charge in [-0.15, -0.1) is 0 Å². The van der Waals surface area contributed by atoms with E-state index in [0.717, 1.165) is 0 Å². The fourth-order valence-electron chi connectivity index (χ4n) is 1.70.